The highest BCUT2D eigenvalue weighted by molar-refractivity contribution is 9.10. The number of ether oxygens (including phenoxy) is 1. The van der Waals surface area contributed by atoms with Gasteiger partial charge in [0.2, 0.25) is 0 Å². The van der Waals surface area contributed by atoms with Crippen LogP contribution in [0.2, 0.25) is 0 Å². The number of anilines is 1. The molecule has 2 aliphatic rings. The molecule has 4 nitrogen and oxygen atoms in total. The summed E-state index contributed by atoms with van der Waals surface area (Å²) in [5.74, 6) is 0.742. The molecule has 2 atom stereocenters. The molecule has 0 radical (unpaired) electrons. The topological polar surface area (TPSA) is 32.8 Å². The fourth-order valence-corrected chi connectivity index (χ4v) is 4.19. The number of fused-ring (bicyclic) bond motifs is 4. The number of carbonyl (C=O) groups is 1. The lowest BCUT2D eigenvalue weighted by molar-refractivity contribution is 0.0355. The lowest BCUT2D eigenvalue weighted by Crippen LogP contribution is -2.50. The van der Waals surface area contributed by atoms with Gasteiger partial charge in [-0.1, -0.05) is 52.3 Å². The summed E-state index contributed by atoms with van der Waals surface area (Å²) >= 11 is 3.49. The zero-order valence-corrected chi connectivity index (χ0v) is 16.0. The van der Waals surface area contributed by atoms with Crippen LogP contribution in [0.25, 0.3) is 0 Å². The Morgan fingerprint density at radius 1 is 0.852 bits per heavy atom. The summed E-state index contributed by atoms with van der Waals surface area (Å²) in [6, 6.07) is 25.6. The van der Waals surface area contributed by atoms with Gasteiger partial charge in [-0.15, -0.1) is 0 Å². The second-order valence-corrected chi connectivity index (χ2v) is 7.61. The predicted octanol–water partition coefficient (Wildman–Crippen LogP) is 5.18. The van der Waals surface area contributed by atoms with Crippen LogP contribution in [0.3, 0.4) is 0 Å². The molecule has 2 aliphatic heterocycles. The molecule has 2 bridgehead atoms. The van der Waals surface area contributed by atoms with Crippen LogP contribution in [-0.4, -0.2) is 17.1 Å². The molecule has 0 unspecified atom stereocenters. The van der Waals surface area contributed by atoms with Gasteiger partial charge in [0.05, 0.1) is 11.7 Å². The minimum atomic E-state index is -0.346. The molecule has 27 heavy (non-hydrogen) atoms. The largest absolute Gasteiger partial charge is 0.469 e. The van der Waals surface area contributed by atoms with E-state index >= 15 is 0 Å². The highest BCUT2D eigenvalue weighted by Crippen LogP contribution is 2.46. The number of rotatable bonds is 3. The number of carbonyl (C=O) groups excluding carboxylic acids is 1. The van der Waals surface area contributed by atoms with Crippen LogP contribution in [0.15, 0.2) is 83.3 Å². The Bertz CT molecular complexity index is 991. The summed E-state index contributed by atoms with van der Waals surface area (Å²) in [5.41, 5.74) is 2.79. The first-order valence-corrected chi connectivity index (χ1v) is 9.70. The third-order valence-corrected chi connectivity index (χ3v) is 5.62. The molecule has 5 rings (SSSR count). The number of para-hydroxylation sites is 1. The van der Waals surface area contributed by atoms with Gasteiger partial charge in [-0.3, -0.25) is 9.80 Å². The number of amides is 1. The quantitative estimate of drug-likeness (QED) is 0.585. The van der Waals surface area contributed by atoms with E-state index < -0.39 is 0 Å². The van der Waals surface area contributed by atoms with Crippen molar-refractivity contribution in [3.05, 3.63) is 94.5 Å². The normalized spacial score (nSPS) is 20.6. The Hall–Kier alpha value is -2.79. The summed E-state index contributed by atoms with van der Waals surface area (Å²) in [6.07, 6.45) is 0.370. The maximum absolute atomic E-state index is 13.3. The maximum Gasteiger partial charge on any atom is 0.276 e. The third kappa shape index (κ3) is 2.70. The van der Waals surface area contributed by atoms with Crippen molar-refractivity contribution in [1.29, 1.82) is 0 Å². The Kier molecular flexibility index (Phi) is 3.90. The first-order chi connectivity index (χ1) is 13.2. The Morgan fingerprint density at radius 3 is 2.33 bits per heavy atom. The summed E-state index contributed by atoms with van der Waals surface area (Å²) < 4.78 is 7.23. The van der Waals surface area contributed by atoms with Gasteiger partial charge >= 0.3 is 0 Å². The molecule has 1 fully saturated rings. The molecule has 2 heterocycles. The zero-order chi connectivity index (χ0) is 18.4. The molecular formula is C22H17BrN2O2. The van der Waals surface area contributed by atoms with Crippen molar-refractivity contribution < 1.29 is 9.53 Å². The van der Waals surface area contributed by atoms with Gasteiger partial charge in [0, 0.05) is 16.5 Å². The van der Waals surface area contributed by atoms with E-state index in [1.807, 2.05) is 78.9 Å². The zero-order valence-electron chi connectivity index (χ0n) is 14.5. The van der Waals surface area contributed by atoms with E-state index in [-0.39, 0.29) is 18.2 Å². The molecule has 134 valence electrons. The molecule has 0 spiro atoms. The van der Waals surface area contributed by atoms with Crippen molar-refractivity contribution in [3.8, 4) is 5.75 Å². The first kappa shape index (κ1) is 16.4. The molecule has 3 aromatic rings. The van der Waals surface area contributed by atoms with Crippen molar-refractivity contribution in [2.45, 2.75) is 18.7 Å². The minimum Gasteiger partial charge on any atom is -0.469 e. The Morgan fingerprint density at radius 2 is 1.56 bits per heavy atom. The number of benzene rings is 3. The predicted molar refractivity (Wildman–Crippen MR) is 107 cm³/mol. The molecule has 0 saturated carbocycles. The summed E-state index contributed by atoms with van der Waals surface area (Å²) in [7, 11) is 0. The SMILES string of the molecule is O=C1c2ccccc2[C@H]2C[C@H](Oc3ccccc3)N1N2c1ccc(Br)cc1. The minimum absolute atomic E-state index is 0.0248. The third-order valence-electron chi connectivity index (χ3n) is 5.09. The maximum atomic E-state index is 13.3. The monoisotopic (exact) mass is 420 g/mol. The highest BCUT2D eigenvalue weighted by atomic mass is 79.9. The van der Waals surface area contributed by atoms with E-state index in [1.54, 1.807) is 5.01 Å². The van der Waals surface area contributed by atoms with Crippen LogP contribution in [-0.2, 0) is 0 Å². The molecular weight excluding hydrogens is 404 g/mol. The van der Waals surface area contributed by atoms with Gasteiger partial charge in [0.15, 0.2) is 6.23 Å². The first-order valence-electron chi connectivity index (χ1n) is 8.91. The van der Waals surface area contributed by atoms with E-state index in [0.717, 1.165) is 27.0 Å². The second-order valence-electron chi connectivity index (χ2n) is 6.70. The van der Waals surface area contributed by atoms with Crippen LogP contribution in [0, 0.1) is 0 Å². The van der Waals surface area contributed by atoms with Crippen molar-refractivity contribution in [2.75, 3.05) is 5.01 Å². The molecule has 1 saturated heterocycles. The summed E-state index contributed by atoms with van der Waals surface area (Å²) in [6.45, 7) is 0. The van der Waals surface area contributed by atoms with Crippen molar-refractivity contribution >= 4 is 27.5 Å². The Balaban J connectivity index is 1.59. The van der Waals surface area contributed by atoms with Gasteiger partial charge in [-0.2, -0.15) is 0 Å². The average Bonchev–Trinajstić information content (AvgIpc) is 3.02. The number of nitrogens with zero attached hydrogens (tertiary/aromatic N) is 2. The van der Waals surface area contributed by atoms with Crippen LogP contribution in [0.1, 0.15) is 28.4 Å². The lowest BCUT2D eigenvalue weighted by Gasteiger charge is -2.40. The smallest absolute Gasteiger partial charge is 0.276 e. The molecule has 0 N–H and O–H groups in total. The number of halogens is 1. The average molecular weight is 421 g/mol. The van der Waals surface area contributed by atoms with Crippen molar-refractivity contribution in [2.24, 2.45) is 0 Å². The highest BCUT2D eigenvalue weighted by Gasteiger charge is 2.50. The lowest BCUT2D eigenvalue weighted by atomic mass is 9.97. The molecule has 5 heteroatoms. The van der Waals surface area contributed by atoms with Crippen molar-refractivity contribution in [3.63, 3.8) is 0 Å². The van der Waals surface area contributed by atoms with E-state index in [9.17, 15) is 4.79 Å². The Labute approximate surface area is 166 Å². The molecule has 0 aromatic heterocycles. The van der Waals surface area contributed by atoms with Crippen LogP contribution < -0.4 is 9.75 Å². The fourth-order valence-electron chi connectivity index (χ4n) is 3.93. The van der Waals surface area contributed by atoms with Crippen LogP contribution in [0.5, 0.6) is 5.75 Å². The van der Waals surface area contributed by atoms with E-state index in [0.29, 0.717) is 6.42 Å². The molecule has 0 aliphatic carbocycles. The molecule has 3 aromatic carbocycles. The summed E-state index contributed by atoms with van der Waals surface area (Å²) in [4.78, 5) is 13.3. The van der Waals surface area contributed by atoms with Gasteiger partial charge in [-0.25, -0.2) is 5.01 Å². The number of hydrogen-bond acceptors (Lipinski definition) is 3. The number of hydrazine groups is 1. The van der Waals surface area contributed by atoms with E-state index in [2.05, 4.69) is 20.9 Å². The van der Waals surface area contributed by atoms with Gasteiger partial charge in [0.1, 0.15) is 5.75 Å². The van der Waals surface area contributed by atoms with Gasteiger partial charge < -0.3 is 4.74 Å². The van der Waals surface area contributed by atoms with Gasteiger partial charge in [-0.05, 0) is 48.0 Å². The van der Waals surface area contributed by atoms with Crippen LogP contribution in [0.4, 0.5) is 5.69 Å². The fraction of sp³-hybridized carbons (Fsp3) is 0.136. The van der Waals surface area contributed by atoms with Crippen LogP contribution >= 0.6 is 15.9 Å². The number of hydrogen-bond donors (Lipinski definition) is 0. The van der Waals surface area contributed by atoms with E-state index in [4.69, 9.17) is 4.74 Å². The second kappa shape index (κ2) is 6.43. The standard InChI is InChI=1S/C22H17BrN2O2/c23-15-10-12-16(13-11-15)24-20-14-21(27-17-6-2-1-3-7-17)25(24)22(26)19-9-5-4-8-18(19)20/h1-13,20-21H,14H2/t20-,21+/m1/s1. The van der Waals surface area contributed by atoms with Gasteiger partial charge in [0.25, 0.3) is 5.91 Å². The molecule has 1 amide bonds. The van der Waals surface area contributed by atoms with E-state index in [1.165, 1.54) is 0 Å². The summed E-state index contributed by atoms with van der Waals surface area (Å²) in [5, 5.41) is 3.84. The van der Waals surface area contributed by atoms with Crippen molar-refractivity contribution in [1.82, 2.24) is 5.01 Å².